The molecule has 33 heavy (non-hydrogen) atoms. The molecule has 1 aromatic heterocycles. The summed E-state index contributed by atoms with van der Waals surface area (Å²) >= 11 is 7.72. The molecule has 3 rings (SSSR count). The smallest absolute Gasteiger partial charge is 0.439 e. The van der Waals surface area contributed by atoms with Gasteiger partial charge in [-0.15, -0.1) is 11.3 Å². The Morgan fingerprint density at radius 2 is 2.03 bits per heavy atom. The molecule has 1 aliphatic heterocycles. The Bertz CT molecular complexity index is 1120. The van der Waals surface area contributed by atoms with Gasteiger partial charge in [-0.1, -0.05) is 47.6 Å². The molecule has 1 unspecified atom stereocenters. The number of aliphatic hydroxyl groups is 1. The molecule has 0 bridgehead atoms. The number of alkyl halides is 3. The Labute approximate surface area is 200 Å². The lowest BCUT2D eigenvalue weighted by Gasteiger charge is -2.44. The Kier molecular flexibility index (Phi) is 7.53. The van der Waals surface area contributed by atoms with Crippen LogP contribution in [0.5, 0.6) is 0 Å². The molecule has 0 aliphatic carbocycles. The molecule has 12 heteroatoms. The van der Waals surface area contributed by atoms with Crippen LogP contribution in [0.25, 0.3) is 0 Å². The van der Waals surface area contributed by atoms with Crippen LogP contribution in [0.15, 0.2) is 46.8 Å². The second-order valence-electron chi connectivity index (χ2n) is 7.01. The van der Waals surface area contributed by atoms with Crippen LogP contribution >= 0.6 is 34.7 Å². The van der Waals surface area contributed by atoms with Gasteiger partial charge < -0.3 is 9.84 Å². The van der Waals surface area contributed by atoms with Crippen LogP contribution in [0.1, 0.15) is 21.2 Å². The minimum absolute atomic E-state index is 0.0236. The topological polar surface area (TPSA) is 99.8 Å². The van der Waals surface area contributed by atoms with Crippen LogP contribution in [0.3, 0.4) is 0 Å². The number of Topliss-reactive ketones (excluding diaryl/α,β-unsaturated/α-hetero) is 1. The summed E-state index contributed by atoms with van der Waals surface area (Å²) in [5.74, 6) is -7.31. The van der Waals surface area contributed by atoms with Gasteiger partial charge in [0, 0.05) is 10.9 Å². The maximum Gasteiger partial charge on any atom is 0.439 e. The summed E-state index contributed by atoms with van der Waals surface area (Å²) in [6, 6.07) is 10.6. The number of nitriles is 1. The fraction of sp³-hybridized carbons (Fsp3) is 0.333. The summed E-state index contributed by atoms with van der Waals surface area (Å²) < 4.78 is 47.5. The third-order valence-corrected chi connectivity index (χ3v) is 7.38. The molecule has 1 aliphatic rings. The number of ketones is 1. The van der Waals surface area contributed by atoms with Crippen LogP contribution in [0.4, 0.5) is 13.2 Å². The number of aliphatic imine (C=N–C) groups is 1. The van der Waals surface area contributed by atoms with Gasteiger partial charge in [0.15, 0.2) is 5.78 Å². The van der Waals surface area contributed by atoms with E-state index in [2.05, 4.69) is 9.73 Å². The minimum atomic E-state index is -5.37. The molecule has 1 aromatic carbocycles. The second kappa shape index (κ2) is 9.85. The number of carbonyl (C=O) groups excluding carboxylic acids is 2. The maximum atomic E-state index is 14.3. The molecule has 2 heterocycles. The van der Waals surface area contributed by atoms with Crippen LogP contribution in [-0.4, -0.2) is 46.7 Å². The predicted molar refractivity (Wildman–Crippen MR) is 118 cm³/mol. The van der Waals surface area contributed by atoms with Gasteiger partial charge in [-0.3, -0.25) is 9.59 Å². The predicted octanol–water partition coefficient (Wildman–Crippen LogP) is 4.69. The third kappa shape index (κ3) is 4.80. The van der Waals surface area contributed by atoms with Gasteiger partial charge in [-0.25, -0.2) is 4.99 Å². The van der Waals surface area contributed by atoms with E-state index < -0.39 is 52.2 Å². The number of hydrogen-bond donors (Lipinski definition) is 1. The van der Waals surface area contributed by atoms with Gasteiger partial charge in [0.2, 0.25) is 0 Å². The van der Waals surface area contributed by atoms with E-state index in [4.69, 9.17) is 11.6 Å². The summed E-state index contributed by atoms with van der Waals surface area (Å²) in [6.45, 7) is 0. The molecule has 6 nitrogen and oxygen atoms in total. The van der Waals surface area contributed by atoms with Crippen molar-refractivity contribution < 1.29 is 32.6 Å². The van der Waals surface area contributed by atoms with Crippen molar-refractivity contribution >= 4 is 51.5 Å². The van der Waals surface area contributed by atoms with Crippen molar-refractivity contribution in [2.45, 2.75) is 17.8 Å². The molecule has 0 fully saturated rings. The summed E-state index contributed by atoms with van der Waals surface area (Å²) in [7, 11) is 1.10. The third-order valence-electron chi connectivity index (χ3n) is 5.13. The summed E-state index contributed by atoms with van der Waals surface area (Å²) in [4.78, 5) is 28.4. The molecular weight excluding hydrogens is 501 g/mol. The standard InChI is InChI=1S/C21H16ClF3N2O4S2/c1-31-15(28)10-33-19-12(9-26)16(11-5-2-3-6-13(11)22)17(18(29)14-7-4-8-32-14)20(30,27-19)21(23,24)25/h2-8,12,16-17,30H,10H2,1H3/t12?,16-,17+,20+/m1/s1. The van der Waals surface area contributed by atoms with Crippen molar-refractivity contribution in [1.29, 1.82) is 5.26 Å². The number of halogens is 4. The van der Waals surface area contributed by atoms with Gasteiger partial charge in [0.05, 0.1) is 34.8 Å². The highest BCUT2D eigenvalue weighted by atomic mass is 35.5. The molecule has 0 amide bonds. The van der Waals surface area contributed by atoms with Crippen molar-refractivity contribution in [1.82, 2.24) is 0 Å². The number of nitrogens with zero attached hydrogens (tertiary/aromatic N) is 2. The number of ether oxygens (including phenoxy) is 1. The summed E-state index contributed by atoms with van der Waals surface area (Å²) in [5.41, 5.74) is -3.78. The van der Waals surface area contributed by atoms with E-state index >= 15 is 0 Å². The average molecular weight is 517 g/mol. The number of esters is 1. The lowest BCUT2D eigenvalue weighted by atomic mass is 9.68. The highest BCUT2D eigenvalue weighted by Crippen LogP contribution is 2.53. The number of carbonyl (C=O) groups is 2. The number of thiophene rings is 1. The Balaban J connectivity index is 2.28. The average Bonchev–Trinajstić information content (AvgIpc) is 3.31. The van der Waals surface area contributed by atoms with Gasteiger partial charge >= 0.3 is 12.1 Å². The quantitative estimate of drug-likeness (QED) is 0.457. The first kappa shape index (κ1) is 25.2. The van der Waals surface area contributed by atoms with Gasteiger partial charge in [-0.2, -0.15) is 18.4 Å². The van der Waals surface area contributed by atoms with E-state index in [-0.39, 0.29) is 15.5 Å². The Hall–Kier alpha value is -2.39. The zero-order valence-electron chi connectivity index (χ0n) is 16.9. The van der Waals surface area contributed by atoms with Gasteiger partial charge in [0.25, 0.3) is 5.72 Å². The van der Waals surface area contributed by atoms with Crippen molar-refractivity contribution in [3.63, 3.8) is 0 Å². The Morgan fingerprint density at radius 1 is 1.33 bits per heavy atom. The molecule has 1 N–H and O–H groups in total. The number of thioether (sulfide) groups is 1. The van der Waals surface area contributed by atoms with Gasteiger partial charge in [-0.05, 0) is 23.1 Å². The second-order valence-corrected chi connectivity index (χ2v) is 9.36. The first-order chi connectivity index (χ1) is 15.5. The van der Waals surface area contributed by atoms with Gasteiger partial charge in [0.1, 0.15) is 5.92 Å². The van der Waals surface area contributed by atoms with E-state index in [1.165, 1.54) is 35.7 Å². The molecule has 174 valence electrons. The number of hydrogen-bond acceptors (Lipinski definition) is 8. The zero-order chi connectivity index (χ0) is 24.4. The SMILES string of the molecule is COC(=O)CSC1=N[C@@](O)(C(F)(F)F)[C@H](C(=O)c2cccs2)[C@H](c2ccccc2Cl)C1C#N. The van der Waals surface area contributed by atoms with E-state index in [1.807, 2.05) is 6.07 Å². The summed E-state index contributed by atoms with van der Waals surface area (Å²) in [5, 5.41) is 22.0. The van der Waals surface area contributed by atoms with Crippen LogP contribution in [0.2, 0.25) is 5.02 Å². The fourth-order valence-corrected chi connectivity index (χ4v) is 5.55. The molecule has 2 aromatic rings. The van der Waals surface area contributed by atoms with Crippen molar-refractivity contribution in [2.24, 2.45) is 16.8 Å². The summed E-state index contributed by atoms with van der Waals surface area (Å²) in [6.07, 6.45) is -5.37. The molecular formula is C21H16ClF3N2O4S2. The zero-order valence-corrected chi connectivity index (χ0v) is 19.3. The lowest BCUT2D eigenvalue weighted by molar-refractivity contribution is -0.274. The Morgan fingerprint density at radius 3 is 2.58 bits per heavy atom. The van der Waals surface area contributed by atoms with Crippen molar-refractivity contribution in [2.75, 3.05) is 12.9 Å². The number of methoxy groups -OCH3 is 1. The number of rotatable bonds is 5. The highest BCUT2D eigenvalue weighted by molar-refractivity contribution is 8.14. The molecule has 0 spiro atoms. The highest BCUT2D eigenvalue weighted by Gasteiger charge is 2.67. The maximum absolute atomic E-state index is 14.3. The molecule has 0 saturated heterocycles. The molecule has 0 radical (unpaired) electrons. The normalized spacial score (nSPS) is 25.1. The first-order valence-electron chi connectivity index (χ1n) is 9.35. The van der Waals surface area contributed by atoms with E-state index in [0.717, 1.165) is 18.4 Å². The number of benzene rings is 1. The lowest BCUT2D eigenvalue weighted by Crippen LogP contribution is -2.59. The fourth-order valence-electron chi connectivity index (χ4n) is 3.62. The van der Waals surface area contributed by atoms with E-state index in [1.54, 1.807) is 6.07 Å². The molecule has 4 atom stereocenters. The van der Waals surface area contributed by atoms with Crippen molar-refractivity contribution in [3.8, 4) is 6.07 Å². The van der Waals surface area contributed by atoms with E-state index in [0.29, 0.717) is 11.8 Å². The monoisotopic (exact) mass is 516 g/mol. The largest absolute Gasteiger partial charge is 0.468 e. The van der Waals surface area contributed by atoms with Crippen molar-refractivity contribution in [3.05, 3.63) is 57.2 Å². The minimum Gasteiger partial charge on any atom is -0.468 e. The van der Waals surface area contributed by atoms with E-state index in [9.17, 15) is 33.1 Å². The van der Waals surface area contributed by atoms with Crippen LogP contribution in [0, 0.1) is 23.2 Å². The van der Waals surface area contributed by atoms with Crippen LogP contribution < -0.4 is 0 Å². The molecule has 0 saturated carbocycles. The first-order valence-corrected chi connectivity index (χ1v) is 11.6. The van der Waals surface area contributed by atoms with Crippen LogP contribution in [-0.2, 0) is 9.53 Å².